The van der Waals surface area contributed by atoms with Gasteiger partial charge in [-0.15, -0.1) is 0 Å². The first-order valence-corrected chi connectivity index (χ1v) is 5.44. The highest BCUT2D eigenvalue weighted by Gasteiger charge is 2.41. The summed E-state index contributed by atoms with van der Waals surface area (Å²) in [6.07, 6.45) is -5.21. The number of halogens is 5. The van der Waals surface area contributed by atoms with E-state index in [-0.39, 0.29) is 15.6 Å². The molecular formula is C10H6Cl2F3NO3. The molecule has 0 aliphatic heterocycles. The second-order valence-corrected chi connectivity index (χ2v) is 4.19. The van der Waals surface area contributed by atoms with Crippen LogP contribution in [0.1, 0.15) is 11.6 Å². The molecule has 0 aromatic heterocycles. The summed E-state index contributed by atoms with van der Waals surface area (Å²) in [5.41, 5.74) is -0.309. The summed E-state index contributed by atoms with van der Waals surface area (Å²) in [6, 6.07) is 1.89. The maximum atomic E-state index is 12.1. The van der Waals surface area contributed by atoms with Gasteiger partial charge >= 0.3 is 18.1 Å². The molecule has 19 heavy (non-hydrogen) atoms. The fraction of sp³-hybridized carbons (Fsp3) is 0.200. The van der Waals surface area contributed by atoms with Gasteiger partial charge in [-0.2, -0.15) is 13.2 Å². The van der Waals surface area contributed by atoms with Crippen LogP contribution in [0.3, 0.4) is 0 Å². The Balaban J connectivity index is 3.16. The third-order valence-electron chi connectivity index (χ3n) is 2.07. The molecule has 1 aromatic carbocycles. The van der Waals surface area contributed by atoms with E-state index in [9.17, 15) is 22.8 Å². The maximum absolute atomic E-state index is 12.1. The van der Waals surface area contributed by atoms with Crippen molar-refractivity contribution in [2.45, 2.75) is 12.2 Å². The van der Waals surface area contributed by atoms with Crippen molar-refractivity contribution in [1.82, 2.24) is 5.32 Å². The summed E-state index contributed by atoms with van der Waals surface area (Å²) in [5.74, 6) is -4.11. The van der Waals surface area contributed by atoms with Crippen molar-refractivity contribution in [2.24, 2.45) is 0 Å². The average Bonchev–Trinajstić information content (AvgIpc) is 2.25. The van der Waals surface area contributed by atoms with Gasteiger partial charge in [0.2, 0.25) is 0 Å². The molecule has 0 saturated heterocycles. The number of nitrogens with one attached hydrogen (secondary N) is 1. The quantitative estimate of drug-likeness (QED) is 0.901. The molecule has 1 unspecified atom stereocenters. The van der Waals surface area contributed by atoms with Gasteiger partial charge < -0.3 is 10.4 Å². The van der Waals surface area contributed by atoms with E-state index in [2.05, 4.69) is 0 Å². The molecule has 9 heteroatoms. The predicted octanol–water partition coefficient (Wildman–Crippen LogP) is 2.80. The number of benzene rings is 1. The van der Waals surface area contributed by atoms with Crippen LogP contribution in [-0.4, -0.2) is 23.2 Å². The van der Waals surface area contributed by atoms with Crippen LogP contribution in [0.15, 0.2) is 18.2 Å². The predicted molar refractivity (Wildman–Crippen MR) is 61.0 cm³/mol. The standard InChI is InChI=1S/C10H6Cl2F3NO3/c11-4-2-1-3-5(12)6(4)7(8(17)18)16-9(19)10(13,14)15/h1-3,7H,(H,16,19)(H,17,18). The lowest BCUT2D eigenvalue weighted by Crippen LogP contribution is -2.42. The molecule has 1 aromatic rings. The van der Waals surface area contributed by atoms with Crippen molar-refractivity contribution in [3.8, 4) is 0 Å². The number of rotatable bonds is 3. The number of aliphatic carboxylic acids is 1. The Morgan fingerprint density at radius 2 is 1.68 bits per heavy atom. The van der Waals surface area contributed by atoms with Crippen molar-refractivity contribution < 1.29 is 27.9 Å². The van der Waals surface area contributed by atoms with Gasteiger partial charge in [-0.3, -0.25) is 4.79 Å². The van der Waals surface area contributed by atoms with Gasteiger partial charge in [-0.05, 0) is 12.1 Å². The molecule has 4 nitrogen and oxygen atoms in total. The minimum atomic E-state index is -5.21. The summed E-state index contributed by atoms with van der Waals surface area (Å²) >= 11 is 11.4. The van der Waals surface area contributed by atoms with Crippen LogP contribution in [0.25, 0.3) is 0 Å². The summed E-state index contributed by atoms with van der Waals surface area (Å²) < 4.78 is 36.4. The molecule has 0 aliphatic carbocycles. The number of carboxylic acid groups (broad SMARTS) is 1. The monoisotopic (exact) mass is 315 g/mol. The summed E-state index contributed by atoms with van der Waals surface area (Å²) in [5, 5.41) is 9.88. The molecule has 0 bridgehead atoms. The molecule has 1 atom stereocenters. The van der Waals surface area contributed by atoms with Crippen molar-refractivity contribution in [2.75, 3.05) is 0 Å². The molecule has 104 valence electrons. The Bertz CT molecular complexity index is 499. The van der Waals surface area contributed by atoms with E-state index in [1.54, 1.807) is 0 Å². The van der Waals surface area contributed by atoms with Crippen LogP contribution in [0, 0.1) is 0 Å². The highest BCUT2D eigenvalue weighted by Crippen LogP contribution is 2.31. The fourth-order valence-electron chi connectivity index (χ4n) is 1.26. The van der Waals surface area contributed by atoms with Gasteiger partial charge in [0.1, 0.15) is 0 Å². The van der Waals surface area contributed by atoms with Crippen molar-refractivity contribution in [3.63, 3.8) is 0 Å². The van der Waals surface area contributed by atoms with Crippen LogP contribution in [0.5, 0.6) is 0 Å². The lowest BCUT2D eigenvalue weighted by molar-refractivity contribution is -0.175. The van der Waals surface area contributed by atoms with Crippen LogP contribution in [0.2, 0.25) is 10.0 Å². The zero-order chi connectivity index (χ0) is 14.8. The van der Waals surface area contributed by atoms with Crippen LogP contribution in [0.4, 0.5) is 13.2 Å². The first-order chi connectivity index (χ1) is 8.64. The molecule has 1 amide bonds. The third-order valence-corrected chi connectivity index (χ3v) is 2.73. The SMILES string of the molecule is O=C(O)C(NC(=O)C(F)(F)F)c1c(Cl)cccc1Cl. The van der Waals surface area contributed by atoms with Gasteiger partial charge in [-0.1, -0.05) is 29.3 Å². The van der Waals surface area contributed by atoms with E-state index in [4.69, 9.17) is 28.3 Å². The van der Waals surface area contributed by atoms with Crippen molar-refractivity contribution in [3.05, 3.63) is 33.8 Å². The average molecular weight is 316 g/mol. The molecule has 0 radical (unpaired) electrons. The van der Waals surface area contributed by atoms with Crippen LogP contribution >= 0.6 is 23.2 Å². The zero-order valence-electron chi connectivity index (χ0n) is 8.96. The Kier molecular flexibility index (Phi) is 4.65. The largest absolute Gasteiger partial charge is 0.479 e. The molecule has 0 heterocycles. The topological polar surface area (TPSA) is 66.4 Å². The van der Waals surface area contributed by atoms with Crippen molar-refractivity contribution in [1.29, 1.82) is 0 Å². The number of hydrogen-bond donors (Lipinski definition) is 2. The first-order valence-electron chi connectivity index (χ1n) is 4.69. The Morgan fingerprint density at radius 1 is 1.21 bits per heavy atom. The minimum Gasteiger partial charge on any atom is -0.479 e. The van der Waals surface area contributed by atoms with E-state index in [1.165, 1.54) is 23.5 Å². The Labute approximate surface area is 115 Å². The molecule has 0 saturated carbocycles. The number of carbonyl (C=O) groups excluding carboxylic acids is 1. The first kappa shape index (κ1) is 15.6. The Hall–Kier alpha value is -1.47. The summed E-state index contributed by atoms with van der Waals surface area (Å²) in [4.78, 5) is 21.8. The number of hydrogen-bond acceptors (Lipinski definition) is 2. The third kappa shape index (κ3) is 3.74. The van der Waals surface area contributed by atoms with E-state index in [1.807, 2.05) is 0 Å². The number of amides is 1. The second kappa shape index (κ2) is 5.66. The van der Waals surface area contributed by atoms with Gasteiger partial charge in [0, 0.05) is 15.6 Å². The van der Waals surface area contributed by atoms with Crippen molar-refractivity contribution >= 4 is 35.1 Å². The number of alkyl halides is 3. The molecule has 2 N–H and O–H groups in total. The number of carbonyl (C=O) groups is 2. The lowest BCUT2D eigenvalue weighted by atomic mass is 10.1. The molecule has 0 spiro atoms. The fourth-order valence-corrected chi connectivity index (χ4v) is 1.87. The van der Waals surface area contributed by atoms with E-state index >= 15 is 0 Å². The highest BCUT2D eigenvalue weighted by atomic mass is 35.5. The number of carboxylic acids is 1. The second-order valence-electron chi connectivity index (χ2n) is 3.38. The van der Waals surface area contributed by atoms with Gasteiger partial charge in [0.15, 0.2) is 6.04 Å². The van der Waals surface area contributed by atoms with Gasteiger partial charge in [-0.25, -0.2) is 4.79 Å². The van der Waals surface area contributed by atoms with E-state index < -0.39 is 24.1 Å². The summed E-state index contributed by atoms with van der Waals surface area (Å²) in [6.45, 7) is 0. The lowest BCUT2D eigenvalue weighted by Gasteiger charge is -2.18. The van der Waals surface area contributed by atoms with Gasteiger partial charge in [0.25, 0.3) is 0 Å². The highest BCUT2D eigenvalue weighted by molar-refractivity contribution is 6.36. The molecule has 0 fully saturated rings. The minimum absolute atomic E-state index is 0.164. The maximum Gasteiger partial charge on any atom is 0.471 e. The summed E-state index contributed by atoms with van der Waals surface area (Å²) in [7, 11) is 0. The molecule has 1 rings (SSSR count). The zero-order valence-corrected chi connectivity index (χ0v) is 10.5. The van der Waals surface area contributed by atoms with Gasteiger partial charge in [0.05, 0.1) is 0 Å². The van der Waals surface area contributed by atoms with Crippen LogP contribution < -0.4 is 5.32 Å². The molecule has 0 aliphatic rings. The van der Waals surface area contributed by atoms with E-state index in [0.717, 1.165) is 0 Å². The molecular weight excluding hydrogens is 310 g/mol. The van der Waals surface area contributed by atoms with Crippen LogP contribution in [-0.2, 0) is 9.59 Å². The van der Waals surface area contributed by atoms with E-state index in [0.29, 0.717) is 0 Å². The normalized spacial score (nSPS) is 12.9. The Morgan fingerprint density at radius 3 is 2.05 bits per heavy atom. The smallest absolute Gasteiger partial charge is 0.471 e.